The highest BCUT2D eigenvalue weighted by molar-refractivity contribution is 6.05. The molecule has 1 amide bonds. The topological polar surface area (TPSA) is 55.6 Å². The van der Waals surface area contributed by atoms with E-state index in [1.807, 2.05) is 24.3 Å². The van der Waals surface area contributed by atoms with E-state index in [9.17, 15) is 9.18 Å². The van der Waals surface area contributed by atoms with Crippen LogP contribution in [0.4, 0.5) is 10.1 Å². The number of methoxy groups -OCH3 is 1. The second-order valence-electron chi connectivity index (χ2n) is 4.93. The van der Waals surface area contributed by atoms with Crippen LogP contribution >= 0.6 is 0 Å². The Balaban J connectivity index is 1.96. The molecule has 0 unspecified atom stereocenters. The van der Waals surface area contributed by atoms with Gasteiger partial charge in [-0.3, -0.25) is 4.79 Å². The zero-order valence-electron chi connectivity index (χ0n) is 11.5. The molecule has 5 heteroatoms. The maximum Gasteiger partial charge on any atom is 0.247 e. The number of hydrogen-bond donors (Lipinski definition) is 1. The van der Waals surface area contributed by atoms with E-state index in [2.05, 4.69) is 0 Å². The van der Waals surface area contributed by atoms with E-state index < -0.39 is 6.04 Å². The highest BCUT2D eigenvalue weighted by Gasteiger charge is 2.46. The number of nitrogens with two attached hydrogens (primary N) is 1. The minimum atomic E-state index is -0.595. The molecule has 1 heterocycles. The molecule has 3 rings (SSSR count). The molecule has 4 nitrogen and oxygen atoms in total. The molecule has 0 aromatic heterocycles. The number of β-lactam (4-membered cyclic amide) rings is 1. The minimum Gasteiger partial charge on any atom is -0.497 e. The van der Waals surface area contributed by atoms with E-state index in [4.69, 9.17) is 10.5 Å². The van der Waals surface area contributed by atoms with Gasteiger partial charge < -0.3 is 15.4 Å². The van der Waals surface area contributed by atoms with E-state index in [1.165, 1.54) is 12.1 Å². The van der Waals surface area contributed by atoms with E-state index >= 15 is 0 Å². The van der Waals surface area contributed by atoms with Gasteiger partial charge in [0.2, 0.25) is 5.91 Å². The predicted octanol–water partition coefficient (Wildman–Crippen LogP) is 2.25. The lowest BCUT2D eigenvalue weighted by molar-refractivity contribution is -0.126. The Bertz CT molecular complexity index is 672. The fourth-order valence-electron chi connectivity index (χ4n) is 2.58. The third-order valence-corrected chi connectivity index (χ3v) is 3.68. The summed E-state index contributed by atoms with van der Waals surface area (Å²) in [5, 5.41) is 0. The number of ether oxygens (including phenoxy) is 1. The van der Waals surface area contributed by atoms with Gasteiger partial charge in [-0.25, -0.2) is 4.39 Å². The van der Waals surface area contributed by atoms with Crippen LogP contribution in [0.25, 0.3) is 0 Å². The van der Waals surface area contributed by atoms with Crippen LogP contribution in [0.5, 0.6) is 5.75 Å². The largest absolute Gasteiger partial charge is 0.497 e. The maximum absolute atomic E-state index is 13.0. The molecule has 108 valence electrons. The molecular formula is C16H15FN2O2. The quantitative estimate of drug-likeness (QED) is 0.880. The molecule has 0 saturated carbocycles. The second-order valence-corrected chi connectivity index (χ2v) is 4.93. The third-order valence-electron chi connectivity index (χ3n) is 3.68. The van der Waals surface area contributed by atoms with Gasteiger partial charge in [0.25, 0.3) is 0 Å². The number of carbonyl (C=O) groups excluding carboxylic acids is 1. The normalized spacial score (nSPS) is 21.1. The van der Waals surface area contributed by atoms with Gasteiger partial charge in [-0.2, -0.15) is 0 Å². The molecule has 0 spiro atoms. The summed E-state index contributed by atoms with van der Waals surface area (Å²) >= 11 is 0. The Morgan fingerprint density at radius 2 is 1.90 bits per heavy atom. The Morgan fingerprint density at radius 3 is 2.57 bits per heavy atom. The lowest BCUT2D eigenvalue weighted by Gasteiger charge is -2.45. The molecule has 0 radical (unpaired) electrons. The van der Waals surface area contributed by atoms with Crippen LogP contribution in [-0.4, -0.2) is 19.1 Å². The van der Waals surface area contributed by atoms with Crippen LogP contribution < -0.4 is 15.4 Å². The Morgan fingerprint density at radius 1 is 1.19 bits per heavy atom. The highest BCUT2D eigenvalue weighted by Crippen LogP contribution is 2.38. The first-order valence-electron chi connectivity index (χ1n) is 6.60. The van der Waals surface area contributed by atoms with Crippen molar-refractivity contribution in [2.75, 3.05) is 12.0 Å². The summed E-state index contributed by atoms with van der Waals surface area (Å²) in [7, 11) is 1.59. The summed E-state index contributed by atoms with van der Waals surface area (Å²) < 4.78 is 18.2. The van der Waals surface area contributed by atoms with Gasteiger partial charge >= 0.3 is 0 Å². The Labute approximate surface area is 121 Å². The molecule has 2 aromatic carbocycles. The van der Waals surface area contributed by atoms with Gasteiger partial charge in [-0.1, -0.05) is 12.1 Å². The standard InChI is InChI=1S/C16H15FN2O2/c1-21-13-4-2-3-10(9-13)15-14(18)16(20)19(15)12-7-5-11(17)6-8-12/h2-9,14-15H,18H2,1H3/t14-,15+/m0/s1. The maximum atomic E-state index is 13.0. The molecule has 0 aliphatic carbocycles. The van der Waals surface area contributed by atoms with Gasteiger partial charge in [0.15, 0.2) is 0 Å². The Kier molecular flexibility index (Phi) is 3.35. The average molecular weight is 286 g/mol. The third kappa shape index (κ3) is 2.25. The molecule has 1 aliphatic rings. The van der Waals surface area contributed by atoms with Crippen LogP contribution in [-0.2, 0) is 4.79 Å². The molecule has 2 aromatic rings. The lowest BCUT2D eigenvalue weighted by atomic mass is 9.88. The van der Waals surface area contributed by atoms with Crippen molar-refractivity contribution < 1.29 is 13.9 Å². The summed E-state index contributed by atoms with van der Waals surface area (Å²) in [5.74, 6) is 0.196. The van der Waals surface area contributed by atoms with Crippen molar-refractivity contribution in [1.82, 2.24) is 0 Å². The van der Waals surface area contributed by atoms with Crippen molar-refractivity contribution >= 4 is 11.6 Å². The first kappa shape index (κ1) is 13.6. The van der Waals surface area contributed by atoms with Gasteiger partial charge in [-0.05, 0) is 42.0 Å². The molecule has 2 N–H and O–H groups in total. The van der Waals surface area contributed by atoms with Crippen molar-refractivity contribution in [1.29, 1.82) is 0 Å². The minimum absolute atomic E-state index is 0.172. The molecular weight excluding hydrogens is 271 g/mol. The van der Waals surface area contributed by atoms with Crippen LogP contribution in [0.3, 0.4) is 0 Å². The zero-order valence-corrected chi connectivity index (χ0v) is 11.5. The van der Waals surface area contributed by atoms with E-state index in [1.54, 1.807) is 24.1 Å². The van der Waals surface area contributed by atoms with Crippen LogP contribution in [0.2, 0.25) is 0 Å². The van der Waals surface area contributed by atoms with Gasteiger partial charge in [-0.15, -0.1) is 0 Å². The summed E-state index contributed by atoms with van der Waals surface area (Å²) in [6.45, 7) is 0. The van der Waals surface area contributed by atoms with Crippen LogP contribution in [0.15, 0.2) is 48.5 Å². The second kappa shape index (κ2) is 5.18. The number of hydrogen-bond acceptors (Lipinski definition) is 3. The number of benzene rings is 2. The SMILES string of the molecule is COc1cccc([C@@H]2[C@H](N)C(=O)N2c2ccc(F)cc2)c1. The number of carbonyl (C=O) groups is 1. The van der Waals surface area contributed by atoms with Crippen molar-refractivity contribution in [3.8, 4) is 5.75 Å². The number of amides is 1. The fourth-order valence-corrected chi connectivity index (χ4v) is 2.58. The number of rotatable bonds is 3. The molecule has 1 aliphatic heterocycles. The van der Waals surface area contributed by atoms with Crippen molar-refractivity contribution in [2.24, 2.45) is 5.73 Å². The van der Waals surface area contributed by atoms with Gasteiger partial charge in [0, 0.05) is 5.69 Å². The fraction of sp³-hybridized carbons (Fsp3) is 0.188. The van der Waals surface area contributed by atoms with Crippen LogP contribution in [0, 0.1) is 5.82 Å². The smallest absolute Gasteiger partial charge is 0.247 e. The predicted molar refractivity (Wildman–Crippen MR) is 77.6 cm³/mol. The monoisotopic (exact) mass is 286 g/mol. The van der Waals surface area contributed by atoms with Gasteiger partial charge in [0.05, 0.1) is 13.2 Å². The zero-order chi connectivity index (χ0) is 15.0. The average Bonchev–Trinajstić information content (AvgIpc) is 2.52. The number of halogens is 1. The van der Waals surface area contributed by atoms with Crippen molar-refractivity contribution in [3.63, 3.8) is 0 Å². The van der Waals surface area contributed by atoms with Crippen molar-refractivity contribution in [3.05, 3.63) is 59.9 Å². The molecule has 0 bridgehead atoms. The molecule has 1 fully saturated rings. The summed E-state index contributed by atoms with van der Waals surface area (Å²) in [6, 6.07) is 12.4. The molecule has 21 heavy (non-hydrogen) atoms. The molecule has 1 saturated heterocycles. The molecule has 2 atom stereocenters. The van der Waals surface area contributed by atoms with Gasteiger partial charge in [0.1, 0.15) is 17.6 Å². The summed E-state index contributed by atoms with van der Waals surface area (Å²) in [5.41, 5.74) is 7.47. The highest BCUT2D eigenvalue weighted by atomic mass is 19.1. The summed E-state index contributed by atoms with van der Waals surface area (Å²) in [4.78, 5) is 13.6. The Hall–Kier alpha value is -2.40. The first-order chi connectivity index (χ1) is 10.1. The van der Waals surface area contributed by atoms with E-state index in [-0.39, 0.29) is 17.8 Å². The number of nitrogens with zero attached hydrogens (tertiary/aromatic N) is 1. The van der Waals surface area contributed by atoms with Crippen molar-refractivity contribution in [2.45, 2.75) is 12.1 Å². The first-order valence-corrected chi connectivity index (χ1v) is 6.60. The van der Waals surface area contributed by atoms with Crippen LogP contribution in [0.1, 0.15) is 11.6 Å². The van der Waals surface area contributed by atoms with E-state index in [0.29, 0.717) is 11.4 Å². The van der Waals surface area contributed by atoms with E-state index in [0.717, 1.165) is 5.56 Å². The number of anilines is 1. The summed E-state index contributed by atoms with van der Waals surface area (Å²) in [6.07, 6.45) is 0. The lowest BCUT2D eigenvalue weighted by Crippen LogP contribution is -2.63.